The summed E-state index contributed by atoms with van der Waals surface area (Å²) in [4.78, 5) is 0. The third kappa shape index (κ3) is 3.85. The molecule has 2 heterocycles. The first kappa shape index (κ1) is 18.3. The first-order valence-electron chi connectivity index (χ1n) is 8.52. The maximum atomic E-state index is 5.97. The van der Waals surface area contributed by atoms with Crippen molar-refractivity contribution >= 4 is 11.8 Å². The van der Waals surface area contributed by atoms with Gasteiger partial charge in [0.25, 0.3) is 0 Å². The number of hydrogen-bond donors (Lipinski definition) is 0. The fourth-order valence-corrected chi connectivity index (χ4v) is 3.57. The first-order chi connectivity index (χ1) is 12.6. The van der Waals surface area contributed by atoms with Crippen LogP contribution in [0.15, 0.2) is 52.8 Å². The van der Waals surface area contributed by atoms with Gasteiger partial charge in [-0.3, -0.25) is 4.57 Å². The highest BCUT2D eigenvalue weighted by molar-refractivity contribution is 7.99. The van der Waals surface area contributed by atoms with E-state index < -0.39 is 0 Å². The van der Waals surface area contributed by atoms with E-state index in [1.165, 1.54) is 0 Å². The maximum absolute atomic E-state index is 5.97. The van der Waals surface area contributed by atoms with Crippen LogP contribution < -0.4 is 4.74 Å². The highest BCUT2D eigenvalue weighted by atomic mass is 32.2. The molecule has 0 bridgehead atoms. The fraction of sp³-hybridized carbons (Fsp3) is 0.300. The van der Waals surface area contributed by atoms with E-state index >= 15 is 0 Å². The third-order valence-corrected chi connectivity index (χ3v) is 5.03. The number of aromatic nitrogens is 3. The molecule has 0 saturated carbocycles. The Bertz CT molecular complexity index is 878. The summed E-state index contributed by atoms with van der Waals surface area (Å²) in [6.07, 6.45) is 3.52. The van der Waals surface area contributed by atoms with Crippen molar-refractivity contribution in [3.63, 3.8) is 0 Å². The van der Waals surface area contributed by atoms with Crippen LogP contribution in [0.5, 0.6) is 5.75 Å². The number of furan rings is 1. The van der Waals surface area contributed by atoms with Gasteiger partial charge in [-0.15, -0.1) is 16.8 Å². The molecule has 0 aliphatic rings. The molecule has 0 saturated heterocycles. The van der Waals surface area contributed by atoms with E-state index in [4.69, 9.17) is 9.15 Å². The molecule has 3 aromatic rings. The lowest BCUT2D eigenvalue weighted by atomic mass is 10.1. The van der Waals surface area contributed by atoms with E-state index in [0.717, 1.165) is 44.9 Å². The zero-order chi connectivity index (χ0) is 18.5. The second kappa shape index (κ2) is 8.27. The van der Waals surface area contributed by atoms with Gasteiger partial charge in [0.05, 0.1) is 18.4 Å². The van der Waals surface area contributed by atoms with E-state index in [2.05, 4.69) is 47.3 Å². The molecule has 5 nitrogen and oxygen atoms in total. The number of allylic oxidation sites excluding steroid dienone is 1. The Kier molecular flexibility index (Phi) is 5.83. The Hall–Kier alpha value is -2.47. The lowest BCUT2D eigenvalue weighted by Crippen LogP contribution is -2.05. The molecule has 0 aliphatic carbocycles. The number of rotatable bonds is 8. The molecule has 0 spiro atoms. The summed E-state index contributed by atoms with van der Waals surface area (Å²) in [7, 11) is 0. The van der Waals surface area contributed by atoms with Crippen LogP contribution in [-0.2, 0) is 6.54 Å². The predicted molar refractivity (Wildman–Crippen MR) is 105 cm³/mol. The van der Waals surface area contributed by atoms with Gasteiger partial charge < -0.3 is 9.15 Å². The number of para-hydroxylation sites is 1. The molecule has 0 unspecified atom stereocenters. The minimum Gasteiger partial charge on any atom is -0.492 e. The smallest absolute Gasteiger partial charge is 0.191 e. The van der Waals surface area contributed by atoms with Gasteiger partial charge in [-0.05, 0) is 38.0 Å². The van der Waals surface area contributed by atoms with Crippen molar-refractivity contribution in [1.29, 1.82) is 0 Å². The normalized spacial score (nSPS) is 10.9. The number of benzene rings is 1. The van der Waals surface area contributed by atoms with Gasteiger partial charge >= 0.3 is 0 Å². The molecule has 0 N–H and O–H groups in total. The minimum atomic E-state index is 0.609. The lowest BCUT2D eigenvalue weighted by Gasteiger charge is -2.12. The van der Waals surface area contributed by atoms with Gasteiger partial charge in [0.1, 0.15) is 11.5 Å². The largest absolute Gasteiger partial charge is 0.492 e. The van der Waals surface area contributed by atoms with Crippen LogP contribution in [0.25, 0.3) is 11.4 Å². The predicted octanol–water partition coefficient (Wildman–Crippen LogP) is 4.82. The van der Waals surface area contributed by atoms with Crippen molar-refractivity contribution in [2.75, 3.05) is 12.4 Å². The number of ether oxygens (including phenoxy) is 1. The molecule has 26 heavy (non-hydrogen) atoms. The van der Waals surface area contributed by atoms with Gasteiger partial charge in [-0.1, -0.05) is 36.0 Å². The molecule has 1 aromatic carbocycles. The van der Waals surface area contributed by atoms with E-state index in [1.807, 2.05) is 25.1 Å². The Morgan fingerprint density at radius 2 is 1.96 bits per heavy atom. The van der Waals surface area contributed by atoms with Crippen LogP contribution >= 0.6 is 11.8 Å². The van der Waals surface area contributed by atoms with Crippen molar-refractivity contribution in [3.8, 4) is 17.1 Å². The van der Waals surface area contributed by atoms with Crippen LogP contribution in [-0.4, -0.2) is 27.1 Å². The monoisotopic (exact) mass is 369 g/mol. The van der Waals surface area contributed by atoms with Gasteiger partial charge in [-0.25, -0.2) is 0 Å². The second-order valence-electron chi connectivity index (χ2n) is 6.01. The fourth-order valence-electron chi connectivity index (χ4n) is 2.81. The molecule has 136 valence electrons. The highest BCUT2D eigenvalue weighted by Gasteiger charge is 2.16. The van der Waals surface area contributed by atoms with Crippen LogP contribution in [0.3, 0.4) is 0 Å². The molecule has 2 aromatic heterocycles. The summed E-state index contributed by atoms with van der Waals surface area (Å²) in [6, 6.07) is 8.09. The summed E-state index contributed by atoms with van der Waals surface area (Å²) in [5.41, 5.74) is 3.27. The topological polar surface area (TPSA) is 53.1 Å². The quantitative estimate of drug-likeness (QED) is 0.324. The van der Waals surface area contributed by atoms with Crippen molar-refractivity contribution in [1.82, 2.24) is 14.8 Å². The average Bonchev–Trinajstić information content (AvgIpc) is 3.20. The van der Waals surface area contributed by atoms with E-state index in [1.54, 1.807) is 18.0 Å². The molecule has 6 heteroatoms. The van der Waals surface area contributed by atoms with Crippen LogP contribution in [0.1, 0.15) is 16.9 Å². The SMILES string of the molecule is C=CCn1c(SCCOc2c(C)cccc2C)nnc1-c1ccoc1C. The standard InChI is InChI=1S/C20H23N3O2S/c1-5-10-23-19(17-9-11-24-16(17)4)21-22-20(23)26-13-12-25-18-14(2)7-6-8-15(18)3/h5-9,11H,1,10,12-13H2,2-4H3. The van der Waals surface area contributed by atoms with Crippen LogP contribution in [0.4, 0.5) is 0 Å². The molecular formula is C20H23N3O2S. The van der Waals surface area contributed by atoms with Gasteiger partial charge in [0.15, 0.2) is 11.0 Å². The average molecular weight is 369 g/mol. The Labute approximate surface area is 158 Å². The molecule has 3 rings (SSSR count). The van der Waals surface area contributed by atoms with Crippen molar-refractivity contribution in [2.24, 2.45) is 0 Å². The summed E-state index contributed by atoms with van der Waals surface area (Å²) < 4.78 is 13.4. The summed E-state index contributed by atoms with van der Waals surface area (Å²) in [5, 5.41) is 9.54. The maximum Gasteiger partial charge on any atom is 0.191 e. The summed E-state index contributed by atoms with van der Waals surface area (Å²) in [6.45, 7) is 11.2. The lowest BCUT2D eigenvalue weighted by molar-refractivity contribution is 0.339. The van der Waals surface area contributed by atoms with Crippen molar-refractivity contribution in [3.05, 3.63) is 60.1 Å². The van der Waals surface area contributed by atoms with Crippen molar-refractivity contribution < 1.29 is 9.15 Å². The van der Waals surface area contributed by atoms with Gasteiger partial charge in [0, 0.05) is 12.3 Å². The zero-order valence-electron chi connectivity index (χ0n) is 15.4. The van der Waals surface area contributed by atoms with Crippen molar-refractivity contribution in [2.45, 2.75) is 32.5 Å². The molecular weight excluding hydrogens is 346 g/mol. The highest BCUT2D eigenvalue weighted by Crippen LogP contribution is 2.27. The minimum absolute atomic E-state index is 0.609. The van der Waals surface area contributed by atoms with Gasteiger partial charge in [-0.2, -0.15) is 0 Å². The van der Waals surface area contributed by atoms with E-state index in [-0.39, 0.29) is 0 Å². The summed E-state index contributed by atoms with van der Waals surface area (Å²) >= 11 is 1.63. The number of nitrogens with zero attached hydrogens (tertiary/aromatic N) is 3. The number of thioether (sulfide) groups is 1. The number of aryl methyl sites for hydroxylation is 3. The van der Waals surface area contributed by atoms with Gasteiger partial charge in [0.2, 0.25) is 0 Å². The molecule has 0 amide bonds. The van der Waals surface area contributed by atoms with Crippen LogP contribution in [0.2, 0.25) is 0 Å². The first-order valence-corrected chi connectivity index (χ1v) is 9.50. The molecule has 0 fully saturated rings. The molecule has 0 radical (unpaired) electrons. The Morgan fingerprint density at radius 1 is 1.19 bits per heavy atom. The Morgan fingerprint density at radius 3 is 2.62 bits per heavy atom. The molecule has 0 atom stereocenters. The second-order valence-corrected chi connectivity index (χ2v) is 7.08. The van der Waals surface area contributed by atoms with Crippen LogP contribution in [0, 0.1) is 20.8 Å². The number of hydrogen-bond acceptors (Lipinski definition) is 5. The van der Waals surface area contributed by atoms with E-state index in [0.29, 0.717) is 13.2 Å². The molecule has 0 aliphatic heterocycles. The summed E-state index contributed by atoms with van der Waals surface area (Å²) in [5.74, 6) is 3.38. The third-order valence-electron chi connectivity index (χ3n) is 4.10. The Balaban J connectivity index is 1.68. The zero-order valence-corrected chi connectivity index (χ0v) is 16.2. The van der Waals surface area contributed by atoms with E-state index in [9.17, 15) is 0 Å².